The lowest BCUT2D eigenvalue weighted by Gasteiger charge is -2.32. The second-order valence-electron chi connectivity index (χ2n) is 6.57. The molecule has 2 aliphatic rings. The van der Waals surface area contributed by atoms with Gasteiger partial charge in [0, 0.05) is 36.9 Å². The summed E-state index contributed by atoms with van der Waals surface area (Å²) in [6.45, 7) is 10.1. The van der Waals surface area contributed by atoms with E-state index in [1.165, 1.54) is 0 Å². The zero-order chi connectivity index (χ0) is 14.5. The Bertz CT molecular complexity index is 516. The summed E-state index contributed by atoms with van der Waals surface area (Å²) in [5.41, 5.74) is 1.35. The number of nitrogens with zero attached hydrogens (tertiary/aromatic N) is 1. The Morgan fingerprint density at radius 2 is 1.80 bits per heavy atom. The predicted octanol–water partition coefficient (Wildman–Crippen LogP) is 1.72. The van der Waals surface area contributed by atoms with Crippen molar-refractivity contribution in [1.82, 2.24) is 10.3 Å². The average molecular weight is 295 g/mol. The van der Waals surface area contributed by atoms with Gasteiger partial charge in [-0.15, -0.1) is 0 Å². The Morgan fingerprint density at radius 3 is 2.30 bits per heavy atom. The van der Waals surface area contributed by atoms with Crippen molar-refractivity contribution >= 4 is 24.2 Å². The van der Waals surface area contributed by atoms with Crippen LogP contribution in [0.4, 0.5) is 0 Å². The Labute approximate surface area is 125 Å². The number of hydrogen-bond donors (Lipinski definition) is 1. The summed E-state index contributed by atoms with van der Waals surface area (Å²) in [5, 5.41) is 3.90. The van der Waals surface area contributed by atoms with Gasteiger partial charge in [-0.3, -0.25) is 4.98 Å². The SMILES string of the molecule is CC1(C)OB(c2c(Cl)cncc2C2CNC2)OC1(C)C. The molecule has 3 heterocycles. The first kappa shape index (κ1) is 14.3. The molecule has 2 aliphatic heterocycles. The molecule has 3 rings (SSSR count). The van der Waals surface area contributed by atoms with E-state index in [0.717, 1.165) is 24.1 Å². The fourth-order valence-electron chi connectivity index (χ4n) is 2.50. The predicted molar refractivity (Wildman–Crippen MR) is 80.6 cm³/mol. The van der Waals surface area contributed by atoms with Crippen LogP contribution < -0.4 is 10.8 Å². The van der Waals surface area contributed by atoms with Crippen molar-refractivity contribution in [1.29, 1.82) is 0 Å². The molecule has 1 aromatic heterocycles. The van der Waals surface area contributed by atoms with Crippen LogP contribution >= 0.6 is 11.6 Å². The fourth-order valence-corrected chi connectivity index (χ4v) is 2.76. The van der Waals surface area contributed by atoms with Crippen molar-refractivity contribution in [3.8, 4) is 0 Å². The Kier molecular flexibility index (Phi) is 3.37. The maximum Gasteiger partial charge on any atom is 0.496 e. The molecule has 0 atom stereocenters. The highest BCUT2D eigenvalue weighted by Crippen LogP contribution is 2.37. The maximum atomic E-state index is 6.38. The molecule has 0 spiro atoms. The van der Waals surface area contributed by atoms with E-state index in [1.807, 2.05) is 33.9 Å². The number of aromatic nitrogens is 1. The minimum Gasteiger partial charge on any atom is -0.399 e. The summed E-state index contributed by atoms with van der Waals surface area (Å²) in [6, 6.07) is 0. The first-order valence-corrected chi connectivity index (χ1v) is 7.39. The highest BCUT2D eigenvalue weighted by molar-refractivity contribution is 6.66. The third-order valence-electron chi connectivity index (χ3n) is 4.68. The van der Waals surface area contributed by atoms with Crippen LogP contribution in [0.2, 0.25) is 5.02 Å². The third-order valence-corrected chi connectivity index (χ3v) is 4.98. The third kappa shape index (κ3) is 2.17. The van der Waals surface area contributed by atoms with E-state index in [4.69, 9.17) is 20.9 Å². The van der Waals surface area contributed by atoms with E-state index in [0.29, 0.717) is 10.9 Å². The smallest absolute Gasteiger partial charge is 0.399 e. The Balaban J connectivity index is 1.99. The molecular weight excluding hydrogens is 274 g/mol. The van der Waals surface area contributed by atoms with E-state index >= 15 is 0 Å². The van der Waals surface area contributed by atoms with E-state index in [1.54, 1.807) is 6.20 Å². The second kappa shape index (κ2) is 4.70. The second-order valence-corrected chi connectivity index (χ2v) is 6.97. The Hall–Kier alpha value is -0.615. The van der Waals surface area contributed by atoms with Gasteiger partial charge in [0.25, 0.3) is 0 Å². The van der Waals surface area contributed by atoms with Crippen molar-refractivity contribution in [2.24, 2.45) is 0 Å². The van der Waals surface area contributed by atoms with Crippen LogP contribution in [0.25, 0.3) is 0 Å². The van der Waals surface area contributed by atoms with Gasteiger partial charge < -0.3 is 14.6 Å². The first-order valence-electron chi connectivity index (χ1n) is 7.01. The van der Waals surface area contributed by atoms with Gasteiger partial charge in [-0.25, -0.2) is 0 Å². The van der Waals surface area contributed by atoms with Crippen molar-refractivity contribution in [2.75, 3.05) is 13.1 Å². The lowest BCUT2D eigenvalue weighted by molar-refractivity contribution is 0.00578. The molecule has 1 aromatic rings. The van der Waals surface area contributed by atoms with Crippen LogP contribution in [0.1, 0.15) is 39.2 Å². The monoisotopic (exact) mass is 294 g/mol. The standard InChI is InChI=1S/C14H20BClN2O2/c1-13(2)14(3,4)20-15(19-13)12-10(9-5-17-6-9)7-18-8-11(12)16/h7-9,17H,5-6H2,1-4H3. The summed E-state index contributed by atoms with van der Waals surface area (Å²) in [4.78, 5) is 4.22. The van der Waals surface area contributed by atoms with Crippen molar-refractivity contribution in [2.45, 2.75) is 44.8 Å². The van der Waals surface area contributed by atoms with Crippen LogP contribution in [0, 0.1) is 0 Å². The van der Waals surface area contributed by atoms with Gasteiger partial charge in [0.1, 0.15) is 0 Å². The van der Waals surface area contributed by atoms with Crippen LogP contribution in [0.3, 0.4) is 0 Å². The number of hydrogen-bond acceptors (Lipinski definition) is 4. The first-order chi connectivity index (χ1) is 9.32. The Morgan fingerprint density at radius 1 is 1.20 bits per heavy atom. The van der Waals surface area contributed by atoms with Gasteiger partial charge in [0.2, 0.25) is 0 Å². The minimum atomic E-state index is -0.425. The lowest BCUT2D eigenvalue weighted by Crippen LogP contribution is -2.46. The molecule has 0 amide bonds. The van der Waals surface area contributed by atoms with Gasteiger partial charge in [-0.1, -0.05) is 11.6 Å². The van der Waals surface area contributed by atoms with Gasteiger partial charge in [0.15, 0.2) is 0 Å². The van der Waals surface area contributed by atoms with Crippen molar-refractivity contribution in [3.05, 3.63) is 23.0 Å². The number of rotatable bonds is 2. The minimum absolute atomic E-state index is 0.362. The molecule has 4 nitrogen and oxygen atoms in total. The molecule has 1 N–H and O–H groups in total. The summed E-state index contributed by atoms with van der Waals surface area (Å²) in [7, 11) is -0.425. The van der Waals surface area contributed by atoms with E-state index in [2.05, 4.69) is 10.3 Å². The van der Waals surface area contributed by atoms with Gasteiger partial charge in [0.05, 0.1) is 16.2 Å². The molecule has 0 radical (unpaired) electrons. The lowest BCUT2D eigenvalue weighted by atomic mass is 9.72. The van der Waals surface area contributed by atoms with E-state index in [9.17, 15) is 0 Å². The average Bonchev–Trinajstić information content (AvgIpc) is 2.45. The summed E-state index contributed by atoms with van der Waals surface area (Å²) < 4.78 is 12.3. The molecule has 108 valence electrons. The molecule has 0 saturated carbocycles. The zero-order valence-electron chi connectivity index (χ0n) is 12.4. The van der Waals surface area contributed by atoms with E-state index in [-0.39, 0.29) is 11.2 Å². The van der Waals surface area contributed by atoms with Gasteiger partial charge in [-0.2, -0.15) is 0 Å². The topological polar surface area (TPSA) is 43.4 Å². The summed E-state index contributed by atoms with van der Waals surface area (Å²) in [5.74, 6) is 0.440. The summed E-state index contributed by atoms with van der Waals surface area (Å²) >= 11 is 6.38. The van der Waals surface area contributed by atoms with E-state index < -0.39 is 7.12 Å². The quantitative estimate of drug-likeness (QED) is 0.844. The molecule has 20 heavy (non-hydrogen) atoms. The normalized spacial score (nSPS) is 24.8. The number of halogens is 1. The fraction of sp³-hybridized carbons (Fsp3) is 0.643. The largest absolute Gasteiger partial charge is 0.496 e. The van der Waals surface area contributed by atoms with Crippen LogP contribution in [0.15, 0.2) is 12.4 Å². The van der Waals surface area contributed by atoms with Gasteiger partial charge >= 0.3 is 7.12 Å². The zero-order valence-corrected chi connectivity index (χ0v) is 13.1. The number of nitrogens with one attached hydrogen (secondary N) is 1. The van der Waals surface area contributed by atoms with Gasteiger partial charge in [-0.05, 0) is 33.3 Å². The maximum absolute atomic E-state index is 6.38. The molecule has 0 aliphatic carbocycles. The van der Waals surface area contributed by atoms with Crippen LogP contribution in [-0.2, 0) is 9.31 Å². The molecule has 6 heteroatoms. The molecular formula is C14H20BClN2O2. The molecule has 2 fully saturated rings. The molecule has 0 unspecified atom stereocenters. The molecule has 0 bridgehead atoms. The highest BCUT2D eigenvalue weighted by atomic mass is 35.5. The number of pyridine rings is 1. The summed E-state index contributed by atoms with van der Waals surface area (Å²) in [6.07, 6.45) is 3.55. The van der Waals surface area contributed by atoms with Crippen LogP contribution in [-0.4, -0.2) is 36.4 Å². The van der Waals surface area contributed by atoms with Crippen molar-refractivity contribution < 1.29 is 9.31 Å². The van der Waals surface area contributed by atoms with Crippen molar-refractivity contribution in [3.63, 3.8) is 0 Å². The van der Waals surface area contributed by atoms with Crippen LogP contribution in [0.5, 0.6) is 0 Å². The molecule has 2 saturated heterocycles. The molecule has 0 aromatic carbocycles. The highest BCUT2D eigenvalue weighted by Gasteiger charge is 2.53.